The number of alkyl carbamates (subject to hydrolysis) is 1. The van der Waals surface area contributed by atoms with E-state index in [2.05, 4.69) is 50.4 Å². The minimum Gasteiger partial charge on any atom is -0.452 e. The van der Waals surface area contributed by atoms with Gasteiger partial charge in [-0.25, -0.2) is 19.2 Å². The molecule has 6 rings (SSSR count). The molecule has 5 atom stereocenters. The maximum absolute atomic E-state index is 14.2. The molecule has 0 saturated carbocycles. The number of hydrogen-bond donors (Lipinski definition) is 1. The molecule has 1 saturated heterocycles. The van der Waals surface area contributed by atoms with Crippen LogP contribution in [0.25, 0.3) is 0 Å². The van der Waals surface area contributed by atoms with Crippen LogP contribution >= 0.6 is 34.8 Å². The van der Waals surface area contributed by atoms with Crippen molar-refractivity contribution in [3.05, 3.63) is 168 Å². The summed E-state index contributed by atoms with van der Waals surface area (Å²) in [5.74, 6) is -2.23. The maximum Gasteiger partial charge on any atom is 0.407 e. The van der Waals surface area contributed by atoms with E-state index >= 15 is 0 Å². The molecule has 5 aromatic rings. The molecular weight excluding hydrogens is 949 g/mol. The summed E-state index contributed by atoms with van der Waals surface area (Å²) in [4.78, 5) is 54.4. The molecule has 5 aromatic carbocycles. The molecule has 0 unspecified atom stereocenters. The predicted molar refractivity (Wildman–Crippen MR) is 263 cm³/mol. The number of halogens is 3. The van der Waals surface area contributed by atoms with Gasteiger partial charge in [0.2, 0.25) is 3.79 Å². The molecule has 1 aliphatic rings. The Morgan fingerprint density at radius 1 is 0.574 bits per heavy atom. The average Bonchev–Trinajstić information content (AvgIpc) is 3.34. The number of hydrogen-bond acceptors (Lipinski definition) is 11. The van der Waals surface area contributed by atoms with Gasteiger partial charge in [0.15, 0.2) is 24.6 Å². The molecule has 1 aliphatic heterocycles. The van der Waals surface area contributed by atoms with E-state index < -0.39 is 71.9 Å². The van der Waals surface area contributed by atoms with Crippen LogP contribution in [0.15, 0.2) is 152 Å². The summed E-state index contributed by atoms with van der Waals surface area (Å²) < 4.78 is 42.9. The van der Waals surface area contributed by atoms with Gasteiger partial charge in [-0.1, -0.05) is 184 Å². The molecule has 0 bridgehead atoms. The highest BCUT2D eigenvalue weighted by molar-refractivity contribution is 6.99. The molecule has 1 heterocycles. The van der Waals surface area contributed by atoms with E-state index in [1.54, 1.807) is 91.0 Å². The van der Waals surface area contributed by atoms with E-state index in [9.17, 15) is 19.2 Å². The van der Waals surface area contributed by atoms with Crippen molar-refractivity contribution in [1.29, 1.82) is 0 Å². The van der Waals surface area contributed by atoms with Crippen molar-refractivity contribution in [2.24, 2.45) is 0 Å². The summed E-state index contributed by atoms with van der Waals surface area (Å²) in [6.45, 7) is 6.31. The van der Waals surface area contributed by atoms with Gasteiger partial charge in [0, 0.05) is 13.2 Å². The second-order valence-corrected chi connectivity index (χ2v) is 23.9. The van der Waals surface area contributed by atoms with Crippen LogP contribution in [0.3, 0.4) is 0 Å². The second-order valence-electron chi connectivity index (χ2n) is 17.1. The molecule has 12 nitrogen and oxygen atoms in total. The van der Waals surface area contributed by atoms with E-state index in [-0.39, 0.29) is 36.5 Å². The number of unbranched alkanes of at least 4 members (excludes halogenated alkanes) is 3. The normalized spacial score (nSPS) is 18.5. The molecule has 1 fully saturated rings. The number of carbonyl (C=O) groups excluding carboxylic acids is 4. The number of benzene rings is 5. The van der Waals surface area contributed by atoms with E-state index in [0.717, 1.165) is 10.4 Å². The number of alkyl halides is 3. The SMILES string of the molecule is CC(C)(C)[Si](OC[C@H]1O[C@@H](OCCCCCCNC(=O)OCC(Cl)(Cl)Cl)[C@H](OC(=O)c2ccccc2)[C@@H](OC(=O)c2ccccc2)[C@H]1OC(=O)c1ccccc1)(c1ccccc1)c1ccccc1. The lowest BCUT2D eigenvalue weighted by Crippen LogP contribution is -2.69. The molecular formula is C52H56Cl3NO11Si. The van der Waals surface area contributed by atoms with Gasteiger partial charge in [-0.15, -0.1) is 0 Å². The Labute approximate surface area is 413 Å². The largest absolute Gasteiger partial charge is 0.452 e. The lowest BCUT2D eigenvalue weighted by molar-refractivity contribution is -0.298. The van der Waals surface area contributed by atoms with Crippen molar-refractivity contribution >= 4 is 77.5 Å². The fourth-order valence-corrected chi connectivity index (χ4v) is 12.7. The second kappa shape index (κ2) is 24.9. The van der Waals surface area contributed by atoms with E-state index in [0.29, 0.717) is 32.2 Å². The Balaban J connectivity index is 1.35. The fourth-order valence-electron chi connectivity index (χ4n) is 7.98. The third-order valence-electron chi connectivity index (χ3n) is 11.2. The Morgan fingerprint density at radius 3 is 1.46 bits per heavy atom. The Kier molecular flexibility index (Phi) is 19.1. The lowest BCUT2D eigenvalue weighted by atomic mass is 9.97. The van der Waals surface area contributed by atoms with Gasteiger partial charge in [0.25, 0.3) is 8.32 Å². The number of esters is 3. The minimum atomic E-state index is -3.26. The number of ether oxygens (including phenoxy) is 6. The number of nitrogens with one attached hydrogen (secondary N) is 1. The van der Waals surface area contributed by atoms with Crippen molar-refractivity contribution in [3.63, 3.8) is 0 Å². The van der Waals surface area contributed by atoms with Crippen molar-refractivity contribution in [2.45, 2.75) is 86.0 Å². The maximum atomic E-state index is 14.2. The number of carbonyl (C=O) groups is 4. The molecule has 1 amide bonds. The van der Waals surface area contributed by atoms with Crippen molar-refractivity contribution in [1.82, 2.24) is 5.32 Å². The van der Waals surface area contributed by atoms with Crippen LogP contribution in [0.2, 0.25) is 5.04 Å². The molecule has 16 heteroatoms. The highest BCUT2D eigenvalue weighted by Crippen LogP contribution is 2.39. The van der Waals surface area contributed by atoms with Crippen LogP contribution in [0.1, 0.15) is 77.5 Å². The third-order valence-corrected chi connectivity index (χ3v) is 16.6. The van der Waals surface area contributed by atoms with Gasteiger partial charge in [0.1, 0.15) is 12.7 Å². The van der Waals surface area contributed by atoms with Crippen LogP contribution in [0.5, 0.6) is 0 Å². The van der Waals surface area contributed by atoms with E-state index in [4.69, 9.17) is 67.7 Å². The zero-order valence-corrected chi connectivity index (χ0v) is 41.4. The first-order chi connectivity index (χ1) is 32.7. The first-order valence-electron chi connectivity index (χ1n) is 22.4. The standard InChI is InChI=1S/C52H56Cl3NO11Si/c1-51(2,3)68(40-29-17-9-18-30-40,41-31-19-10-20-32-41)63-35-42-43(65-46(57)37-23-11-6-12-24-37)44(66-47(58)38-25-13-7-14-26-38)45(67-48(59)39-27-15-8-16-28-39)49(64-42)61-34-22-5-4-21-33-56-50(60)62-36-52(53,54)55/h6-20,23-32,42-45,49H,4-5,21-22,33-36H2,1-3H3,(H,56,60)/t42-,43+,44+,45-,49-/m1/s1. The third kappa shape index (κ3) is 14.4. The summed E-state index contributed by atoms with van der Waals surface area (Å²) in [6, 6.07) is 45.1. The molecule has 360 valence electrons. The predicted octanol–water partition coefficient (Wildman–Crippen LogP) is 9.64. The van der Waals surface area contributed by atoms with Crippen LogP contribution in [-0.2, 0) is 32.8 Å². The fraction of sp³-hybridized carbons (Fsp3) is 0.346. The summed E-state index contributed by atoms with van der Waals surface area (Å²) >= 11 is 17.0. The molecule has 1 N–H and O–H groups in total. The molecule has 0 radical (unpaired) electrons. The van der Waals surface area contributed by atoms with Gasteiger partial charge < -0.3 is 38.2 Å². The monoisotopic (exact) mass is 1000 g/mol. The zero-order valence-electron chi connectivity index (χ0n) is 38.1. The van der Waals surface area contributed by atoms with Crippen LogP contribution < -0.4 is 15.7 Å². The zero-order chi connectivity index (χ0) is 48.6. The van der Waals surface area contributed by atoms with Crippen LogP contribution in [0, 0.1) is 0 Å². The Morgan fingerprint density at radius 2 is 1.00 bits per heavy atom. The van der Waals surface area contributed by atoms with Gasteiger partial charge in [-0.2, -0.15) is 0 Å². The highest BCUT2D eigenvalue weighted by atomic mass is 35.6. The molecule has 0 spiro atoms. The summed E-state index contributed by atoms with van der Waals surface area (Å²) in [5.41, 5.74) is 0.670. The minimum absolute atomic E-state index is 0.124. The summed E-state index contributed by atoms with van der Waals surface area (Å²) in [6.07, 6.45) is -4.96. The number of amides is 1. The van der Waals surface area contributed by atoms with Crippen molar-refractivity contribution < 1.29 is 52.0 Å². The molecule has 0 aromatic heterocycles. The summed E-state index contributed by atoms with van der Waals surface area (Å²) in [7, 11) is -3.26. The quantitative estimate of drug-likeness (QED) is 0.0262. The van der Waals surface area contributed by atoms with Gasteiger partial charge in [-0.3, -0.25) is 0 Å². The van der Waals surface area contributed by atoms with Crippen LogP contribution in [-0.4, -0.2) is 93.2 Å². The Bertz CT molecular complexity index is 2320. The van der Waals surface area contributed by atoms with Gasteiger partial charge in [-0.05, 0) is 64.7 Å². The van der Waals surface area contributed by atoms with Gasteiger partial charge in [0.05, 0.1) is 23.3 Å². The van der Waals surface area contributed by atoms with Gasteiger partial charge >= 0.3 is 24.0 Å². The topological polar surface area (TPSA) is 145 Å². The first kappa shape index (κ1) is 52.1. The molecule has 68 heavy (non-hydrogen) atoms. The smallest absolute Gasteiger partial charge is 0.407 e. The van der Waals surface area contributed by atoms with Crippen molar-refractivity contribution in [2.75, 3.05) is 26.4 Å². The Hall–Kier alpha value is -5.25. The number of rotatable bonds is 20. The van der Waals surface area contributed by atoms with Crippen molar-refractivity contribution in [3.8, 4) is 0 Å². The first-order valence-corrected chi connectivity index (χ1v) is 25.5. The molecule has 0 aliphatic carbocycles. The van der Waals surface area contributed by atoms with E-state index in [1.165, 1.54) is 0 Å². The highest BCUT2D eigenvalue weighted by Gasteiger charge is 2.56. The lowest BCUT2D eigenvalue weighted by Gasteiger charge is -2.47. The van der Waals surface area contributed by atoms with E-state index in [1.807, 2.05) is 36.4 Å². The van der Waals surface area contributed by atoms with Crippen LogP contribution in [0.4, 0.5) is 4.79 Å². The summed E-state index contributed by atoms with van der Waals surface area (Å²) in [5, 5.41) is 4.17. The average molecular weight is 1010 g/mol.